The maximum absolute atomic E-state index is 5.99. The highest BCUT2D eigenvalue weighted by atomic mass is 16.6. The van der Waals surface area contributed by atoms with Crippen molar-refractivity contribution < 1.29 is 18.9 Å². The molecule has 0 aromatic heterocycles. The third kappa shape index (κ3) is 4.55. The van der Waals surface area contributed by atoms with Crippen LogP contribution in [0.4, 0.5) is 0 Å². The molecular weight excluding hydrogens is 316 g/mol. The molecule has 0 spiro atoms. The Morgan fingerprint density at radius 3 is 2.12 bits per heavy atom. The van der Waals surface area contributed by atoms with Crippen molar-refractivity contribution >= 4 is 0 Å². The van der Waals surface area contributed by atoms with Crippen LogP contribution in [0.2, 0.25) is 0 Å². The largest absolute Gasteiger partial charge is 0.491 e. The van der Waals surface area contributed by atoms with Gasteiger partial charge in [0.25, 0.3) is 0 Å². The standard InChI is InChI=1S/C21H30O4/c1-21(2,15-3-7-17(8-4-15)22-11-19-13-24-19)16-5-9-18(10-6-16)23-12-20-14-25-20/h3-4,7-8,16,18-20H,5-6,9-14H2,1-2H3. The van der Waals surface area contributed by atoms with Gasteiger partial charge in [-0.15, -0.1) is 0 Å². The Hall–Kier alpha value is -1.10. The molecule has 1 aromatic carbocycles. The Labute approximate surface area is 150 Å². The molecule has 4 heteroatoms. The molecule has 2 unspecified atom stereocenters. The monoisotopic (exact) mass is 346 g/mol. The highest BCUT2D eigenvalue weighted by molar-refractivity contribution is 5.32. The molecule has 25 heavy (non-hydrogen) atoms. The minimum Gasteiger partial charge on any atom is -0.491 e. The fraction of sp³-hybridized carbons (Fsp3) is 0.714. The van der Waals surface area contributed by atoms with Gasteiger partial charge in [0, 0.05) is 0 Å². The van der Waals surface area contributed by atoms with Crippen LogP contribution in [-0.4, -0.2) is 44.7 Å². The average Bonchev–Trinajstić information content (AvgIpc) is 3.54. The summed E-state index contributed by atoms with van der Waals surface area (Å²) >= 11 is 0. The highest BCUT2D eigenvalue weighted by Crippen LogP contribution is 2.41. The predicted octanol–water partition coefficient (Wildman–Crippen LogP) is 3.72. The van der Waals surface area contributed by atoms with E-state index in [-0.39, 0.29) is 5.41 Å². The van der Waals surface area contributed by atoms with Gasteiger partial charge in [-0.05, 0) is 54.7 Å². The van der Waals surface area contributed by atoms with Crippen molar-refractivity contribution in [3.8, 4) is 5.75 Å². The van der Waals surface area contributed by atoms with Crippen molar-refractivity contribution in [2.45, 2.75) is 63.3 Å². The molecule has 138 valence electrons. The van der Waals surface area contributed by atoms with Crippen molar-refractivity contribution in [2.75, 3.05) is 26.4 Å². The zero-order chi connectivity index (χ0) is 17.3. The molecule has 2 heterocycles. The summed E-state index contributed by atoms with van der Waals surface area (Å²) < 4.78 is 22.2. The number of rotatable bonds is 8. The van der Waals surface area contributed by atoms with E-state index >= 15 is 0 Å². The third-order valence-electron chi connectivity index (χ3n) is 6.05. The van der Waals surface area contributed by atoms with Crippen molar-refractivity contribution in [3.05, 3.63) is 29.8 Å². The van der Waals surface area contributed by atoms with Gasteiger partial charge in [0.05, 0.1) is 25.9 Å². The van der Waals surface area contributed by atoms with E-state index in [2.05, 4.69) is 38.1 Å². The van der Waals surface area contributed by atoms with Crippen LogP contribution in [0.5, 0.6) is 5.75 Å². The Kier molecular flexibility index (Phi) is 5.03. The van der Waals surface area contributed by atoms with E-state index in [1.165, 1.54) is 31.2 Å². The van der Waals surface area contributed by atoms with Gasteiger partial charge in [0.1, 0.15) is 24.6 Å². The van der Waals surface area contributed by atoms with Crippen LogP contribution in [0.25, 0.3) is 0 Å². The summed E-state index contributed by atoms with van der Waals surface area (Å²) in [5.74, 6) is 1.64. The molecule has 0 bridgehead atoms. The lowest BCUT2D eigenvalue weighted by molar-refractivity contribution is 0.00306. The van der Waals surface area contributed by atoms with E-state index in [1.807, 2.05) is 0 Å². The van der Waals surface area contributed by atoms with Crippen molar-refractivity contribution in [1.82, 2.24) is 0 Å². The highest BCUT2D eigenvalue weighted by Gasteiger charge is 2.35. The summed E-state index contributed by atoms with van der Waals surface area (Å²) in [6, 6.07) is 8.67. The molecule has 4 rings (SSSR count). The minimum atomic E-state index is 0.183. The van der Waals surface area contributed by atoms with Gasteiger partial charge in [0.15, 0.2) is 0 Å². The minimum absolute atomic E-state index is 0.183. The first-order chi connectivity index (χ1) is 12.1. The van der Waals surface area contributed by atoms with E-state index in [4.69, 9.17) is 18.9 Å². The number of benzene rings is 1. The lowest BCUT2D eigenvalue weighted by Gasteiger charge is -2.39. The molecule has 2 aliphatic heterocycles. The van der Waals surface area contributed by atoms with Crippen LogP contribution in [0.1, 0.15) is 45.1 Å². The molecule has 0 N–H and O–H groups in total. The zero-order valence-electron chi connectivity index (χ0n) is 15.4. The van der Waals surface area contributed by atoms with E-state index in [9.17, 15) is 0 Å². The summed E-state index contributed by atoms with van der Waals surface area (Å²) in [5.41, 5.74) is 1.58. The first-order valence-corrected chi connectivity index (χ1v) is 9.69. The molecule has 1 aliphatic carbocycles. The number of epoxide rings is 2. The first-order valence-electron chi connectivity index (χ1n) is 9.69. The second kappa shape index (κ2) is 7.26. The molecule has 0 radical (unpaired) electrons. The van der Waals surface area contributed by atoms with Gasteiger partial charge in [-0.2, -0.15) is 0 Å². The molecule has 4 nitrogen and oxygen atoms in total. The number of hydrogen-bond donors (Lipinski definition) is 0. The van der Waals surface area contributed by atoms with Crippen LogP contribution < -0.4 is 4.74 Å². The smallest absolute Gasteiger partial charge is 0.119 e. The Balaban J connectivity index is 1.29. The third-order valence-corrected chi connectivity index (χ3v) is 6.05. The van der Waals surface area contributed by atoms with Crippen LogP contribution in [0, 0.1) is 5.92 Å². The van der Waals surface area contributed by atoms with E-state index in [1.54, 1.807) is 0 Å². The lowest BCUT2D eigenvalue weighted by Crippen LogP contribution is -2.34. The van der Waals surface area contributed by atoms with Crippen molar-refractivity contribution in [2.24, 2.45) is 5.92 Å². The zero-order valence-corrected chi connectivity index (χ0v) is 15.4. The molecule has 2 saturated heterocycles. The van der Waals surface area contributed by atoms with Crippen molar-refractivity contribution in [3.63, 3.8) is 0 Å². The molecule has 3 fully saturated rings. The van der Waals surface area contributed by atoms with E-state index in [0.717, 1.165) is 25.6 Å². The summed E-state index contributed by atoms with van der Waals surface area (Å²) in [6.07, 6.45) is 5.92. The number of ether oxygens (including phenoxy) is 4. The van der Waals surface area contributed by atoms with Gasteiger partial charge >= 0.3 is 0 Å². The molecule has 2 atom stereocenters. The second-order valence-corrected chi connectivity index (χ2v) is 8.27. The van der Waals surface area contributed by atoms with Crippen molar-refractivity contribution in [1.29, 1.82) is 0 Å². The van der Waals surface area contributed by atoms with Crippen LogP contribution in [0.3, 0.4) is 0 Å². The van der Waals surface area contributed by atoms with Gasteiger partial charge in [-0.3, -0.25) is 0 Å². The molecule has 1 aromatic rings. The Bertz CT molecular complexity index is 552. The summed E-state index contributed by atoms with van der Waals surface area (Å²) in [5, 5.41) is 0. The van der Waals surface area contributed by atoms with Gasteiger partial charge in [-0.1, -0.05) is 26.0 Å². The van der Waals surface area contributed by atoms with Gasteiger partial charge in [0.2, 0.25) is 0 Å². The van der Waals surface area contributed by atoms with Crippen LogP contribution >= 0.6 is 0 Å². The molecule has 0 amide bonds. The fourth-order valence-electron chi connectivity index (χ4n) is 3.93. The van der Waals surface area contributed by atoms with Gasteiger partial charge < -0.3 is 18.9 Å². The maximum Gasteiger partial charge on any atom is 0.119 e. The summed E-state index contributed by atoms with van der Waals surface area (Å²) in [6.45, 7) is 7.93. The molecule has 1 saturated carbocycles. The normalized spacial score (nSPS) is 31.6. The fourth-order valence-corrected chi connectivity index (χ4v) is 3.93. The molecular formula is C21H30O4. The quantitative estimate of drug-likeness (QED) is 0.673. The SMILES string of the molecule is CC(C)(c1ccc(OCC2CO2)cc1)C1CCC(OCC2CO2)CC1. The number of hydrogen-bond acceptors (Lipinski definition) is 4. The Morgan fingerprint density at radius 2 is 1.52 bits per heavy atom. The summed E-state index contributed by atoms with van der Waals surface area (Å²) in [4.78, 5) is 0. The predicted molar refractivity (Wildman–Crippen MR) is 96.1 cm³/mol. The molecule has 3 aliphatic rings. The van der Waals surface area contributed by atoms with Crippen LogP contribution in [-0.2, 0) is 19.6 Å². The van der Waals surface area contributed by atoms with E-state index < -0.39 is 0 Å². The average molecular weight is 346 g/mol. The first kappa shape index (κ1) is 17.3. The van der Waals surface area contributed by atoms with Gasteiger partial charge in [-0.25, -0.2) is 0 Å². The lowest BCUT2D eigenvalue weighted by atomic mass is 9.67. The maximum atomic E-state index is 5.99. The van der Waals surface area contributed by atoms with E-state index in [0.29, 0.717) is 30.8 Å². The van der Waals surface area contributed by atoms with Crippen LogP contribution in [0.15, 0.2) is 24.3 Å². The second-order valence-electron chi connectivity index (χ2n) is 8.27. The Morgan fingerprint density at radius 1 is 0.920 bits per heavy atom. The summed E-state index contributed by atoms with van der Waals surface area (Å²) in [7, 11) is 0. The topological polar surface area (TPSA) is 43.5 Å².